The maximum absolute atomic E-state index is 13.3. The minimum absolute atomic E-state index is 0.165. The van der Waals surface area contributed by atoms with Gasteiger partial charge in [0.2, 0.25) is 11.8 Å². The van der Waals surface area contributed by atoms with Gasteiger partial charge in [0.15, 0.2) is 0 Å². The van der Waals surface area contributed by atoms with Gasteiger partial charge >= 0.3 is 0 Å². The van der Waals surface area contributed by atoms with Crippen LogP contribution in [0, 0.1) is 5.82 Å². The number of furan rings is 1. The quantitative estimate of drug-likeness (QED) is 0.531. The molecule has 1 unspecified atom stereocenters. The zero-order valence-electron chi connectivity index (χ0n) is 17.1. The lowest BCUT2D eigenvalue weighted by atomic mass is 9.93. The largest absolute Gasteiger partial charge is 0.469 e. The Morgan fingerprint density at radius 2 is 1.84 bits per heavy atom. The number of hydrogen-bond donors (Lipinski definition) is 3. The van der Waals surface area contributed by atoms with Gasteiger partial charge in [-0.15, -0.1) is 0 Å². The van der Waals surface area contributed by atoms with Crippen molar-refractivity contribution in [3.05, 3.63) is 89.6 Å². The zero-order valence-corrected chi connectivity index (χ0v) is 17.1. The average Bonchev–Trinajstić information content (AvgIpc) is 3.28. The predicted octanol–water partition coefficient (Wildman–Crippen LogP) is 3.20. The van der Waals surface area contributed by atoms with Gasteiger partial charge in [0.25, 0.3) is 5.91 Å². The van der Waals surface area contributed by atoms with Gasteiger partial charge in [-0.3, -0.25) is 14.4 Å². The summed E-state index contributed by atoms with van der Waals surface area (Å²) < 4.78 is 18.8. The smallest absolute Gasteiger partial charge is 0.254 e. The molecule has 164 valence electrons. The van der Waals surface area contributed by atoms with Crippen LogP contribution in [0.3, 0.4) is 0 Å². The highest BCUT2D eigenvalue weighted by Gasteiger charge is 2.29. The lowest BCUT2D eigenvalue weighted by Crippen LogP contribution is -2.44. The van der Waals surface area contributed by atoms with Crippen molar-refractivity contribution in [1.29, 1.82) is 0 Å². The summed E-state index contributed by atoms with van der Waals surface area (Å²) in [5, 5.41) is 8.08. The molecule has 0 fully saturated rings. The summed E-state index contributed by atoms with van der Waals surface area (Å²) in [5.41, 5.74) is 1.63. The number of rotatable bonds is 7. The van der Waals surface area contributed by atoms with E-state index in [-0.39, 0.29) is 24.1 Å². The van der Waals surface area contributed by atoms with E-state index < -0.39 is 17.9 Å². The van der Waals surface area contributed by atoms with Gasteiger partial charge in [-0.1, -0.05) is 24.3 Å². The topological polar surface area (TPSA) is 100 Å². The Bertz CT molecular complexity index is 1110. The average molecular weight is 435 g/mol. The maximum atomic E-state index is 13.3. The number of halogens is 1. The summed E-state index contributed by atoms with van der Waals surface area (Å²) in [7, 11) is 0. The Balaban J connectivity index is 1.35. The molecule has 32 heavy (non-hydrogen) atoms. The van der Waals surface area contributed by atoms with Crippen LogP contribution < -0.4 is 16.0 Å². The summed E-state index contributed by atoms with van der Waals surface area (Å²) in [5.74, 6) is -1.01. The lowest BCUT2D eigenvalue weighted by Gasteiger charge is -2.17. The van der Waals surface area contributed by atoms with Crippen LogP contribution in [-0.4, -0.2) is 30.3 Å². The van der Waals surface area contributed by atoms with Crippen LogP contribution in [0.4, 0.5) is 10.1 Å². The Labute approximate surface area is 184 Å². The molecule has 4 rings (SSSR count). The number of carbonyl (C=O) groups is 3. The number of carbonyl (C=O) groups excluding carboxylic acids is 3. The van der Waals surface area contributed by atoms with Gasteiger partial charge < -0.3 is 20.4 Å². The SMILES string of the molecule is O=C(C[C@@H]1NC(=O)c2ccccc2NC1=O)NCCC(c1ccc(F)cc1)c1ccco1. The van der Waals surface area contributed by atoms with Crippen molar-refractivity contribution in [3.63, 3.8) is 0 Å². The van der Waals surface area contributed by atoms with Gasteiger partial charge in [0, 0.05) is 12.5 Å². The summed E-state index contributed by atoms with van der Waals surface area (Å²) in [6.45, 7) is 0.310. The lowest BCUT2D eigenvalue weighted by molar-refractivity contribution is -0.125. The Morgan fingerprint density at radius 3 is 2.59 bits per heavy atom. The molecule has 1 aliphatic rings. The summed E-state index contributed by atoms with van der Waals surface area (Å²) in [6.07, 6.45) is 1.89. The Morgan fingerprint density at radius 1 is 1.06 bits per heavy atom. The van der Waals surface area contributed by atoms with Gasteiger partial charge in [-0.25, -0.2) is 4.39 Å². The van der Waals surface area contributed by atoms with Crippen LogP contribution in [0.5, 0.6) is 0 Å². The van der Waals surface area contributed by atoms with Crippen LogP contribution in [0.15, 0.2) is 71.3 Å². The molecule has 0 aliphatic carbocycles. The van der Waals surface area contributed by atoms with E-state index in [9.17, 15) is 18.8 Å². The van der Waals surface area contributed by atoms with Gasteiger partial charge in [0.1, 0.15) is 17.6 Å². The van der Waals surface area contributed by atoms with Crippen LogP contribution in [0.25, 0.3) is 0 Å². The molecule has 2 atom stereocenters. The molecule has 0 saturated heterocycles. The van der Waals surface area contributed by atoms with Gasteiger partial charge in [-0.05, 0) is 48.4 Å². The highest BCUT2D eigenvalue weighted by molar-refractivity contribution is 6.10. The number of amides is 3. The number of benzene rings is 2. The molecule has 7 nitrogen and oxygen atoms in total. The van der Waals surface area contributed by atoms with Crippen molar-refractivity contribution in [2.45, 2.75) is 24.8 Å². The van der Waals surface area contributed by atoms with Crippen molar-refractivity contribution in [1.82, 2.24) is 10.6 Å². The molecule has 3 N–H and O–H groups in total. The van der Waals surface area contributed by atoms with Gasteiger partial charge in [-0.2, -0.15) is 0 Å². The summed E-state index contributed by atoms with van der Waals surface area (Å²) in [4.78, 5) is 37.3. The third-order valence-corrected chi connectivity index (χ3v) is 5.36. The number of para-hydroxylation sites is 1. The second-order valence-corrected chi connectivity index (χ2v) is 7.52. The summed E-state index contributed by atoms with van der Waals surface area (Å²) >= 11 is 0. The maximum Gasteiger partial charge on any atom is 0.254 e. The molecule has 8 heteroatoms. The monoisotopic (exact) mass is 435 g/mol. The highest BCUT2D eigenvalue weighted by Crippen LogP contribution is 2.28. The zero-order chi connectivity index (χ0) is 22.5. The van der Waals surface area contributed by atoms with Crippen molar-refractivity contribution in [2.24, 2.45) is 0 Å². The van der Waals surface area contributed by atoms with Crippen LogP contribution in [-0.2, 0) is 9.59 Å². The molecular weight excluding hydrogens is 413 g/mol. The molecule has 2 aromatic carbocycles. The number of nitrogens with one attached hydrogen (secondary N) is 3. The van der Waals surface area contributed by atoms with Crippen molar-refractivity contribution in [2.75, 3.05) is 11.9 Å². The molecular formula is C24H22FN3O4. The van der Waals surface area contributed by atoms with Crippen LogP contribution >= 0.6 is 0 Å². The molecule has 0 bridgehead atoms. The second-order valence-electron chi connectivity index (χ2n) is 7.52. The molecule has 1 aliphatic heterocycles. The van der Waals surface area contributed by atoms with E-state index in [2.05, 4.69) is 16.0 Å². The van der Waals surface area contributed by atoms with Gasteiger partial charge in [0.05, 0.1) is 23.9 Å². The highest BCUT2D eigenvalue weighted by atomic mass is 19.1. The molecule has 3 amide bonds. The second kappa shape index (κ2) is 9.47. The molecule has 0 spiro atoms. The first-order chi connectivity index (χ1) is 15.5. The first kappa shape index (κ1) is 21.3. The third kappa shape index (κ3) is 4.85. The van der Waals surface area contributed by atoms with E-state index in [4.69, 9.17) is 4.42 Å². The Kier molecular flexibility index (Phi) is 6.30. The fraction of sp³-hybridized carbons (Fsp3) is 0.208. The molecule has 3 aromatic rings. The van der Waals surface area contributed by atoms with E-state index in [1.807, 2.05) is 6.07 Å². The first-order valence-electron chi connectivity index (χ1n) is 10.3. The number of anilines is 1. The predicted molar refractivity (Wildman–Crippen MR) is 116 cm³/mol. The minimum atomic E-state index is -0.979. The van der Waals surface area contributed by atoms with Crippen molar-refractivity contribution in [3.8, 4) is 0 Å². The van der Waals surface area contributed by atoms with E-state index in [0.29, 0.717) is 30.0 Å². The van der Waals surface area contributed by atoms with Crippen LogP contribution in [0.1, 0.15) is 40.4 Å². The first-order valence-corrected chi connectivity index (χ1v) is 10.3. The normalized spacial score (nSPS) is 16.3. The Hall–Kier alpha value is -3.94. The van der Waals surface area contributed by atoms with E-state index in [0.717, 1.165) is 5.56 Å². The fourth-order valence-corrected chi connectivity index (χ4v) is 3.73. The van der Waals surface area contributed by atoms with Crippen LogP contribution in [0.2, 0.25) is 0 Å². The van der Waals surface area contributed by atoms with E-state index in [1.54, 1.807) is 48.7 Å². The van der Waals surface area contributed by atoms with E-state index >= 15 is 0 Å². The van der Waals surface area contributed by atoms with E-state index in [1.165, 1.54) is 12.1 Å². The molecule has 2 heterocycles. The number of fused-ring (bicyclic) bond motifs is 1. The van der Waals surface area contributed by atoms with Crippen molar-refractivity contribution < 1.29 is 23.2 Å². The molecule has 0 radical (unpaired) electrons. The number of hydrogen-bond acceptors (Lipinski definition) is 4. The molecule has 1 aromatic heterocycles. The third-order valence-electron chi connectivity index (χ3n) is 5.36. The minimum Gasteiger partial charge on any atom is -0.469 e. The van der Waals surface area contributed by atoms with Crippen molar-refractivity contribution >= 4 is 23.4 Å². The standard InChI is InChI=1S/C24H22FN3O4/c25-16-9-7-15(8-10-16)17(21-6-3-13-32-21)11-12-26-22(29)14-20-24(31)27-19-5-2-1-4-18(19)23(30)28-20/h1-10,13,17,20H,11-12,14H2,(H,26,29)(H,27,31)(H,28,30)/t17?,20-/m0/s1. The summed E-state index contributed by atoms with van der Waals surface area (Å²) in [6, 6.07) is 15.4. The molecule has 0 saturated carbocycles. The fourth-order valence-electron chi connectivity index (χ4n) is 3.73.